The van der Waals surface area contributed by atoms with E-state index in [1.807, 2.05) is 6.07 Å². The van der Waals surface area contributed by atoms with E-state index in [0.29, 0.717) is 29.6 Å². The number of hydrogen-bond acceptors (Lipinski definition) is 6. The molecule has 1 fully saturated rings. The normalized spacial score (nSPS) is 14.6. The third-order valence-electron chi connectivity index (χ3n) is 6.37. The monoisotopic (exact) mass is 523 g/mol. The molecule has 0 unspecified atom stereocenters. The number of urea groups is 1. The number of piperidine rings is 1. The van der Waals surface area contributed by atoms with Crippen molar-refractivity contribution in [2.75, 3.05) is 37.1 Å². The first kappa shape index (κ1) is 26.5. The van der Waals surface area contributed by atoms with E-state index < -0.39 is 16.1 Å². The zero-order valence-electron chi connectivity index (χ0n) is 21.1. The van der Waals surface area contributed by atoms with Crippen LogP contribution in [0.5, 0.6) is 11.5 Å². The second kappa shape index (κ2) is 12.1. The molecule has 1 aliphatic rings. The Morgan fingerprint density at radius 2 is 1.70 bits per heavy atom. The smallest absolute Gasteiger partial charge is 0.323 e. The van der Waals surface area contributed by atoms with Gasteiger partial charge in [-0.25, -0.2) is 4.79 Å². The summed E-state index contributed by atoms with van der Waals surface area (Å²) in [6.45, 7) is 2.40. The average molecular weight is 524 g/mol. The van der Waals surface area contributed by atoms with Crippen LogP contribution in [0.15, 0.2) is 72.8 Å². The van der Waals surface area contributed by atoms with Gasteiger partial charge in [0.1, 0.15) is 11.5 Å². The summed E-state index contributed by atoms with van der Waals surface area (Å²) < 4.78 is 33.7. The van der Waals surface area contributed by atoms with Crippen LogP contribution < -0.4 is 19.6 Å². The zero-order valence-corrected chi connectivity index (χ0v) is 22.0. The molecule has 0 saturated carbocycles. The third kappa shape index (κ3) is 8.23. The third-order valence-corrected chi connectivity index (χ3v) is 6.86. The molecule has 1 heterocycles. The van der Waals surface area contributed by atoms with Crippen LogP contribution in [0, 0.1) is 5.92 Å². The van der Waals surface area contributed by atoms with Crippen molar-refractivity contribution in [3.05, 3.63) is 83.9 Å². The number of rotatable bonds is 9. The number of methoxy groups -OCH3 is 1. The highest BCUT2D eigenvalue weighted by Crippen LogP contribution is 2.28. The number of benzene rings is 3. The summed E-state index contributed by atoms with van der Waals surface area (Å²) in [5.74, 6) is 1.48. The van der Waals surface area contributed by atoms with E-state index in [0.717, 1.165) is 44.2 Å². The van der Waals surface area contributed by atoms with Gasteiger partial charge in [-0.05, 0) is 79.7 Å². The van der Waals surface area contributed by atoms with Crippen LogP contribution in [0.3, 0.4) is 0 Å². The number of carbonyl (C=O) groups excluding carboxylic acids is 1. The maximum absolute atomic E-state index is 12.8. The predicted molar refractivity (Wildman–Crippen MR) is 146 cm³/mol. The fourth-order valence-corrected chi connectivity index (χ4v) is 5.03. The Bertz CT molecular complexity index is 1310. The van der Waals surface area contributed by atoms with Gasteiger partial charge in [0, 0.05) is 24.0 Å². The summed E-state index contributed by atoms with van der Waals surface area (Å²) in [5.41, 5.74) is 3.33. The van der Waals surface area contributed by atoms with Crippen molar-refractivity contribution in [1.82, 2.24) is 4.90 Å². The molecule has 0 aliphatic carbocycles. The van der Waals surface area contributed by atoms with Crippen molar-refractivity contribution in [3.8, 4) is 11.5 Å². The lowest BCUT2D eigenvalue weighted by Crippen LogP contribution is -2.34. The van der Waals surface area contributed by atoms with E-state index in [-0.39, 0.29) is 5.75 Å². The molecule has 1 aliphatic heterocycles. The summed E-state index contributed by atoms with van der Waals surface area (Å²) in [6, 6.07) is 22.1. The van der Waals surface area contributed by atoms with E-state index >= 15 is 0 Å². The fraction of sp³-hybridized carbons (Fsp3) is 0.321. The van der Waals surface area contributed by atoms with Crippen LogP contribution in [-0.4, -0.2) is 45.8 Å². The Morgan fingerprint density at radius 1 is 0.946 bits per heavy atom. The van der Waals surface area contributed by atoms with E-state index in [1.165, 1.54) is 11.6 Å². The molecular weight excluding hydrogens is 490 g/mol. The largest absolute Gasteiger partial charge is 0.497 e. The van der Waals surface area contributed by atoms with Crippen molar-refractivity contribution < 1.29 is 22.1 Å². The molecule has 8 nitrogen and oxygen atoms in total. The van der Waals surface area contributed by atoms with Crippen LogP contribution in [0.2, 0.25) is 0 Å². The van der Waals surface area contributed by atoms with Crippen molar-refractivity contribution in [3.63, 3.8) is 0 Å². The van der Waals surface area contributed by atoms with Gasteiger partial charge in [-0.15, -0.1) is 0 Å². The molecule has 4 rings (SSSR count). The van der Waals surface area contributed by atoms with Crippen LogP contribution >= 0.6 is 0 Å². The lowest BCUT2D eigenvalue weighted by atomic mass is 9.90. The van der Waals surface area contributed by atoms with Gasteiger partial charge in [-0.3, -0.25) is 4.90 Å². The van der Waals surface area contributed by atoms with E-state index in [4.69, 9.17) is 8.92 Å². The minimum atomic E-state index is -3.67. The molecule has 3 aromatic carbocycles. The lowest BCUT2D eigenvalue weighted by Gasteiger charge is -2.32. The SMILES string of the molecule is COc1cccc(NC(=O)Nc2ccc(OS(C)(=O)=O)cc2CN2CCC(Cc3ccccc3)CC2)c1. The minimum Gasteiger partial charge on any atom is -0.497 e. The topological polar surface area (TPSA) is 97.0 Å². The standard InChI is InChI=1S/C28H33N3O5S/c1-35-25-10-6-9-24(19-25)29-28(32)30-27-12-11-26(36-37(2,33)34)18-23(27)20-31-15-13-22(14-16-31)17-21-7-4-3-5-8-21/h3-12,18-19,22H,13-17,20H2,1-2H3,(H2,29,30,32). The molecule has 0 spiro atoms. The van der Waals surface area contributed by atoms with Gasteiger partial charge in [0.25, 0.3) is 0 Å². The average Bonchev–Trinajstić information content (AvgIpc) is 2.86. The molecule has 2 amide bonds. The Labute approximate surface area is 218 Å². The Kier molecular flexibility index (Phi) is 8.68. The van der Waals surface area contributed by atoms with Crippen molar-refractivity contribution in [2.45, 2.75) is 25.8 Å². The summed E-state index contributed by atoms with van der Waals surface area (Å²) in [7, 11) is -2.11. The molecule has 196 valence electrons. The molecule has 0 aromatic heterocycles. The maximum atomic E-state index is 12.8. The number of carbonyl (C=O) groups is 1. The van der Waals surface area contributed by atoms with E-state index in [9.17, 15) is 13.2 Å². The summed E-state index contributed by atoms with van der Waals surface area (Å²) in [5, 5.41) is 5.70. The number of anilines is 2. The lowest BCUT2D eigenvalue weighted by molar-refractivity contribution is 0.177. The predicted octanol–water partition coefficient (Wildman–Crippen LogP) is 5.13. The molecule has 3 aromatic rings. The van der Waals surface area contributed by atoms with Gasteiger partial charge in [0.15, 0.2) is 0 Å². The Balaban J connectivity index is 1.43. The van der Waals surface area contributed by atoms with E-state index in [1.54, 1.807) is 43.5 Å². The van der Waals surface area contributed by atoms with Gasteiger partial charge in [-0.1, -0.05) is 36.4 Å². The molecule has 0 radical (unpaired) electrons. The number of likely N-dealkylation sites (tertiary alicyclic amines) is 1. The highest BCUT2D eigenvalue weighted by atomic mass is 32.2. The van der Waals surface area contributed by atoms with Crippen molar-refractivity contribution in [1.29, 1.82) is 0 Å². The van der Waals surface area contributed by atoms with Gasteiger partial charge in [0.2, 0.25) is 0 Å². The summed E-state index contributed by atoms with van der Waals surface area (Å²) in [4.78, 5) is 15.1. The van der Waals surface area contributed by atoms with Crippen molar-refractivity contribution >= 4 is 27.5 Å². The minimum absolute atomic E-state index is 0.218. The highest BCUT2D eigenvalue weighted by Gasteiger charge is 2.21. The first-order chi connectivity index (χ1) is 17.8. The molecule has 2 N–H and O–H groups in total. The van der Waals surface area contributed by atoms with Crippen LogP contribution in [0.25, 0.3) is 0 Å². The number of hydrogen-bond donors (Lipinski definition) is 2. The van der Waals surface area contributed by atoms with Crippen LogP contribution in [-0.2, 0) is 23.1 Å². The van der Waals surface area contributed by atoms with Crippen LogP contribution in [0.4, 0.5) is 16.2 Å². The number of amides is 2. The fourth-order valence-electron chi connectivity index (χ4n) is 4.57. The second-order valence-corrected chi connectivity index (χ2v) is 10.9. The van der Waals surface area contributed by atoms with Gasteiger partial charge >= 0.3 is 16.1 Å². The zero-order chi connectivity index (χ0) is 26.3. The first-order valence-electron chi connectivity index (χ1n) is 12.3. The molecule has 37 heavy (non-hydrogen) atoms. The highest BCUT2D eigenvalue weighted by molar-refractivity contribution is 7.86. The number of nitrogens with one attached hydrogen (secondary N) is 2. The maximum Gasteiger partial charge on any atom is 0.323 e. The Morgan fingerprint density at radius 3 is 2.41 bits per heavy atom. The quantitative estimate of drug-likeness (QED) is 0.378. The summed E-state index contributed by atoms with van der Waals surface area (Å²) in [6.07, 6.45) is 4.24. The van der Waals surface area contributed by atoms with Gasteiger partial charge in [0.05, 0.1) is 13.4 Å². The summed E-state index contributed by atoms with van der Waals surface area (Å²) >= 11 is 0. The molecule has 0 atom stereocenters. The molecular formula is C28H33N3O5S. The number of nitrogens with zero attached hydrogens (tertiary/aromatic N) is 1. The molecule has 0 bridgehead atoms. The molecule has 9 heteroatoms. The Hall–Kier alpha value is -3.56. The van der Waals surface area contributed by atoms with Crippen molar-refractivity contribution in [2.24, 2.45) is 5.92 Å². The molecule has 1 saturated heterocycles. The van der Waals surface area contributed by atoms with Gasteiger partial charge in [-0.2, -0.15) is 8.42 Å². The van der Waals surface area contributed by atoms with Crippen LogP contribution in [0.1, 0.15) is 24.0 Å². The van der Waals surface area contributed by atoms with Gasteiger partial charge < -0.3 is 19.6 Å². The number of ether oxygens (including phenoxy) is 1. The van der Waals surface area contributed by atoms with E-state index in [2.05, 4.69) is 39.8 Å². The first-order valence-corrected chi connectivity index (χ1v) is 14.1. The second-order valence-electron chi connectivity index (χ2n) is 9.33.